The Morgan fingerprint density at radius 1 is 1.59 bits per heavy atom. The molecule has 5 nitrogen and oxygen atoms in total. The Morgan fingerprint density at radius 2 is 2.35 bits per heavy atom. The van der Waals surface area contributed by atoms with Crippen molar-refractivity contribution in [2.24, 2.45) is 0 Å². The molecule has 17 heavy (non-hydrogen) atoms. The zero-order chi connectivity index (χ0) is 12.7. The number of alkyl carbamates (subject to hydrolysis) is 1. The summed E-state index contributed by atoms with van der Waals surface area (Å²) in [6.07, 6.45) is 0.990. The highest BCUT2D eigenvalue weighted by Gasteiger charge is 2.23. The third-order valence-electron chi connectivity index (χ3n) is 2.07. The van der Waals surface area contributed by atoms with Crippen LogP contribution >= 0.6 is 11.3 Å². The van der Waals surface area contributed by atoms with Crippen molar-refractivity contribution in [2.75, 3.05) is 6.61 Å². The predicted octanol–water partition coefficient (Wildman–Crippen LogP) is 2.40. The zero-order valence-electron chi connectivity index (χ0n) is 9.51. The van der Waals surface area contributed by atoms with Crippen molar-refractivity contribution in [1.82, 2.24) is 5.32 Å². The van der Waals surface area contributed by atoms with Crippen LogP contribution in [0, 0.1) is 0 Å². The fourth-order valence-electron chi connectivity index (χ4n) is 1.18. The van der Waals surface area contributed by atoms with E-state index in [1.165, 1.54) is 11.3 Å². The van der Waals surface area contributed by atoms with E-state index in [0.717, 1.165) is 12.8 Å². The van der Waals surface area contributed by atoms with Gasteiger partial charge in [0.1, 0.15) is 0 Å². The molecule has 94 valence electrons. The highest BCUT2D eigenvalue weighted by atomic mass is 32.1. The summed E-state index contributed by atoms with van der Waals surface area (Å²) in [4.78, 5) is 22.9. The molecule has 2 N–H and O–H groups in total. The number of rotatable bonds is 6. The fourth-order valence-corrected chi connectivity index (χ4v) is 1.95. The Morgan fingerprint density at radius 3 is 2.88 bits per heavy atom. The first-order valence-corrected chi connectivity index (χ1v) is 6.22. The van der Waals surface area contributed by atoms with Gasteiger partial charge in [0.2, 0.25) is 0 Å². The minimum atomic E-state index is -1.10. The van der Waals surface area contributed by atoms with Gasteiger partial charge in [0, 0.05) is 4.88 Å². The van der Waals surface area contributed by atoms with E-state index in [1.807, 2.05) is 6.92 Å². The van der Waals surface area contributed by atoms with Crippen LogP contribution < -0.4 is 5.32 Å². The molecule has 6 heteroatoms. The van der Waals surface area contributed by atoms with Crippen LogP contribution in [-0.4, -0.2) is 23.8 Å². The standard InChI is InChI=1S/C11H15NO4S/c1-2-3-6-16-11(15)12-9(10(13)14)8-5-4-7-17-8/h4-5,7,9H,2-3,6H2,1H3,(H,12,15)(H,13,14)/t9-/m0/s1. The van der Waals surface area contributed by atoms with Crippen molar-refractivity contribution in [1.29, 1.82) is 0 Å². The number of carboxylic acid groups (broad SMARTS) is 1. The lowest BCUT2D eigenvalue weighted by Crippen LogP contribution is -2.33. The number of aliphatic carboxylic acids is 1. The Balaban J connectivity index is 2.51. The summed E-state index contributed by atoms with van der Waals surface area (Å²) >= 11 is 1.28. The molecule has 0 saturated carbocycles. The topological polar surface area (TPSA) is 75.6 Å². The Hall–Kier alpha value is -1.56. The predicted molar refractivity (Wildman–Crippen MR) is 64.1 cm³/mol. The molecule has 1 heterocycles. The number of amides is 1. The number of thiophene rings is 1. The van der Waals surface area contributed by atoms with E-state index in [2.05, 4.69) is 5.32 Å². The lowest BCUT2D eigenvalue weighted by molar-refractivity contribution is -0.139. The second kappa shape index (κ2) is 6.90. The fraction of sp³-hybridized carbons (Fsp3) is 0.455. The van der Waals surface area contributed by atoms with Gasteiger partial charge in [0.05, 0.1) is 6.61 Å². The number of nitrogens with one attached hydrogen (secondary N) is 1. The first-order chi connectivity index (χ1) is 8.15. The molecule has 0 unspecified atom stereocenters. The van der Waals surface area contributed by atoms with E-state index < -0.39 is 18.1 Å². The highest BCUT2D eigenvalue weighted by Crippen LogP contribution is 2.19. The van der Waals surface area contributed by atoms with Gasteiger partial charge >= 0.3 is 12.1 Å². The maximum atomic E-state index is 11.3. The van der Waals surface area contributed by atoms with Gasteiger partial charge < -0.3 is 15.2 Å². The van der Waals surface area contributed by atoms with E-state index in [-0.39, 0.29) is 0 Å². The molecule has 1 amide bonds. The number of hydrogen-bond acceptors (Lipinski definition) is 4. The average molecular weight is 257 g/mol. The first-order valence-electron chi connectivity index (χ1n) is 5.34. The summed E-state index contributed by atoms with van der Waals surface area (Å²) in [7, 11) is 0. The summed E-state index contributed by atoms with van der Waals surface area (Å²) < 4.78 is 4.85. The maximum absolute atomic E-state index is 11.3. The molecule has 0 fully saturated rings. The number of ether oxygens (including phenoxy) is 1. The van der Waals surface area contributed by atoms with E-state index in [4.69, 9.17) is 9.84 Å². The number of carbonyl (C=O) groups excluding carboxylic acids is 1. The van der Waals surface area contributed by atoms with Gasteiger partial charge in [-0.25, -0.2) is 9.59 Å². The molecule has 1 aromatic heterocycles. The molecule has 0 aromatic carbocycles. The largest absolute Gasteiger partial charge is 0.479 e. The van der Waals surface area contributed by atoms with E-state index >= 15 is 0 Å². The SMILES string of the molecule is CCCCOC(=O)N[C@H](C(=O)O)c1cccs1. The van der Waals surface area contributed by atoms with Crippen molar-refractivity contribution < 1.29 is 19.4 Å². The Labute approximate surface area is 103 Å². The van der Waals surface area contributed by atoms with Crippen molar-refractivity contribution in [2.45, 2.75) is 25.8 Å². The van der Waals surface area contributed by atoms with Gasteiger partial charge in [-0.3, -0.25) is 0 Å². The minimum absolute atomic E-state index is 0.305. The Kier molecular flexibility index (Phi) is 5.48. The number of carbonyl (C=O) groups is 2. The summed E-state index contributed by atoms with van der Waals surface area (Å²) in [5.41, 5.74) is 0. The highest BCUT2D eigenvalue weighted by molar-refractivity contribution is 7.10. The van der Waals surface area contributed by atoms with Gasteiger partial charge in [-0.1, -0.05) is 19.4 Å². The first kappa shape index (κ1) is 13.5. The van der Waals surface area contributed by atoms with Crippen LogP contribution in [0.25, 0.3) is 0 Å². The molecule has 1 atom stereocenters. The van der Waals surface area contributed by atoms with Gasteiger partial charge in [0.15, 0.2) is 6.04 Å². The van der Waals surface area contributed by atoms with Crippen LogP contribution in [0.15, 0.2) is 17.5 Å². The summed E-state index contributed by atoms with van der Waals surface area (Å²) in [5, 5.41) is 13.1. The van der Waals surface area contributed by atoms with E-state index in [0.29, 0.717) is 11.5 Å². The quantitative estimate of drug-likeness (QED) is 0.767. The van der Waals surface area contributed by atoms with Crippen molar-refractivity contribution in [3.63, 3.8) is 0 Å². The van der Waals surface area contributed by atoms with Gasteiger partial charge in [0.25, 0.3) is 0 Å². The molecule has 1 aromatic rings. The van der Waals surface area contributed by atoms with Crippen LogP contribution in [-0.2, 0) is 9.53 Å². The molecule has 0 aliphatic heterocycles. The van der Waals surface area contributed by atoms with Crippen LogP contribution in [0.4, 0.5) is 4.79 Å². The molecule has 1 rings (SSSR count). The molecular weight excluding hydrogens is 242 g/mol. The summed E-state index contributed by atoms with van der Waals surface area (Å²) in [5.74, 6) is -1.10. The number of carboxylic acids is 1. The smallest absolute Gasteiger partial charge is 0.408 e. The van der Waals surface area contributed by atoms with E-state index in [1.54, 1.807) is 17.5 Å². The molecule has 0 aliphatic carbocycles. The average Bonchev–Trinajstić information content (AvgIpc) is 2.79. The zero-order valence-corrected chi connectivity index (χ0v) is 10.3. The van der Waals surface area contributed by atoms with Crippen LogP contribution in [0.2, 0.25) is 0 Å². The van der Waals surface area contributed by atoms with Crippen LogP contribution in [0.3, 0.4) is 0 Å². The minimum Gasteiger partial charge on any atom is -0.479 e. The summed E-state index contributed by atoms with van der Waals surface area (Å²) in [6.45, 7) is 2.28. The van der Waals surface area contributed by atoms with Crippen molar-refractivity contribution in [3.05, 3.63) is 22.4 Å². The number of unbranched alkanes of at least 4 members (excludes halogenated alkanes) is 1. The third kappa shape index (κ3) is 4.44. The van der Waals surface area contributed by atoms with Gasteiger partial charge in [-0.2, -0.15) is 0 Å². The van der Waals surface area contributed by atoms with Crippen LogP contribution in [0.1, 0.15) is 30.7 Å². The normalized spacial score (nSPS) is 11.8. The van der Waals surface area contributed by atoms with Crippen molar-refractivity contribution in [3.8, 4) is 0 Å². The molecular formula is C11H15NO4S. The maximum Gasteiger partial charge on any atom is 0.408 e. The molecule has 0 saturated heterocycles. The molecule has 0 radical (unpaired) electrons. The third-order valence-corrected chi connectivity index (χ3v) is 3.01. The lowest BCUT2D eigenvalue weighted by Gasteiger charge is -2.12. The van der Waals surface area contributed by atoms with Gasteiger partial charge in [-0.15, -0.1) is 11.3 Å². The second-order valence-corrected chi connectivity index (χ2v) is 4.40. The monoisotopic (exact) mass is 257 g/mol. The summed E-state index contributed by atoms with van der Waals surface area (Å²) in [6, 6.07) is 2.36. The molecule has 0 aliphatic rings. The van der Waals surface area contributed by atoms with Crippen LogP contribution in [0.5, 0.6) is 0 Å². The van der Waals surface area contributed by atoms with E-state index in [9.17, 15) is 9.59 Å². The van der Waals surface area contributed by atoms with Gasteiger partial charge in [-0.05, 0) is 17.9 Å². The molecule has 0 spiro atoms. The second-order valence-electron chi connectivity index (χ2n) is 3.42. The molecule has 0 bridgehead atoms. The number of hydrogen-bond donors (Lipinski definition) is 2. The van der Waals surface area contributed by atoms with Crippen molar-refractivity contribution >= 4 is 23.4 Å². The lowest BCUT2D eigenvalue weighted by atomic mass is 10.2. The Bertz CT molecular complexity index is 364.